The molecule has 3 aromatic rings. The summed E-state index contributed by atoms with van der Waals surface area (Å²) in [5.41, 5.74) is 0.591. The Morgan fingerprint density at radius 3 is 2.37 bits per heavy atom. The van der Waals surface area contributed by atoms with Crippen molar-refractivity contribution in [3.05, 3.63) is 89.5 Å². The Morgan fingerprint density at radius 2 is 1.74 bits per heavy atom. The van der Waals surface area contributed by atoms with Gasteiger partial charge in [-0.25, -0.2) is 8.78 Å². The second-order valence-electron chi connectivity index (χ2n) is 8.61. The fraction of sp³-hybridized carbons (Fsp3) is 0.259. The SMILES string of the molecule is COc1ccc2c(c1)OC(C(C)C)C(=O)N(Cc1c(F)cccc1F)C2C(=O)Nc1ccccc1. The summed E-state index contributed by atoms with van der Waals surface area (Å²) >= 11 is 0. The second-order valence-corrected chi connectivity index (χ2v) is 8.61. The van der Waals surface area contributed by atoms with Crippen molar-refractivity contribution in [1.29, 1.82) is 0 Å². The summed E-state index contributed by atoms with van der Waals surface area (Å²) in [4.78, 5) is 28.6. The first kappa shape index (κ1) is 24.2. The number of hydrogen-bond acceptors (Lipinski definition) is 4. The maximum Gasteiger partial charge on any atom is 0.265 e. The third-order valence-corrected chi connectivity index (χ3v) is 5.89. The van der Waals surface area contributed by atoms with E-state index < -0.39 is 42.1 Å². The summed E-state index contributed by atoms with van der Waals surface area (Å²) in [7, 11) is 1.50. The zero-order valence-corrected chi connectivity index (χ0v) is 19.6. The number of ether oxygens (including phenoxy) is 2. The molecule has 0 radical (unpaired) electrons. The Hall–Kier alpha value is -3.94. The van der Waals surface area contributed by atoms with E-state index in [-0.39, 0.29) is 11.5 Å². The van der Waals surface area contributed by atoms with E-state index in [0.29, 0.717) is 22.7 Å². The number of nitrogens with zero attached hydrogens (tertiary/aromatic N) is 1. The van der Waals surface area contributed by atoms with Crippen molar-refractivity contribution in [2.45, 2.75) is 32.5 Å². The molecule has 1 aliphatic heterocycles. The molecule has 2 unspecified atom stereocenters. The zero-order chi connectivity index (χ0) is 25.1. The summed E-state index contributed by atoms with van der Waals surface area (Å²) in [5, 5.41) is 2.81. The molecule has 1 heterocycles. The largest absolute Gasteiger partial charge is 0.497 e. The maximum absolute atomic E-state index is 14.6. The number of hydrogen-bond donors (Lipinski definition) is 1. The zero-order valence-electron chi connectivity index (χ0n) is 19.6. The summed E-state index contributed by atoms with van der Waals surface area (Å²) in [6.07, 6.45) is -0.981. The summed E-state index contributed by atoms with van der Waals surface area (Å²) < 4.78 is 40.7. The van der Waals surface area contributed by atoms with E-state index in [1.54, 1.807) is 62.4 Å². The first-order valence-corrected chi connectivity index (χ1v) is 11.2. The van der Waals surface area contributed by atoms with Gasteiger partial charge in [-0.2, -0.15) is 0 Å². The van der Waals surface area contributed by atoms with Crippen LogP contribution in [0.2, 0.25) is 0 Å². The molecule has 0 aliphatic carbocycles. The molecule has 2 atom stereocenters. The molecule has 182 valence electrons. The quantitative estimate of drug-likeness (QED) is 0.533. The predicted molar refractivity (Wildman–Crippen MR) is 127 cm³/mol. The molecule has 1 aliphatic rings. The molecule has 0 aromatic heterocycles. The lowest BCUT2D eigenvalue weighted by Gasteiger charge is -2.31. The number of para-hydroxylation sites is 1. The van der Waals surface area contributed by atoms with Crippen LogP contribution in [0.3, 0.4) is 0 Å². The Morgan fingerprint density at radius 1 is 1.06 bits per heavy atom. The second kappa shape index (κ2) is 10.1. The standard InChI is InChI=1S/C27H26F2N2O4/c1-16(2)25-27(33)31(15-20-21(28)10-7-11-22(20)29)24(26(32)30-17-8-5-4-6-9-17)19-13-12-18(34-3)14-23(19)35-25/h4-14,16,24-25H,15H2,1-3H3,(H,30,32). The van der Waals surface area contributed by atoms with Gasteiger partial charge in [-0.3, -0.25) is 9.59 Å². The van der Waals surface area contributed by atoms with Gasteiger partial charge in [0.15, 0.2) is 6.10 Å². The van der Waals surface area contributed by atoms with Crippen LogP contribution in [0.25, 0.3) is 0 Å². The summed E-state index contributed by atoms with van der Waals surface area (Å²) in [6.45, 7) is 3.14. The van der Waals surface area contributed by atoms with E-state index in [1.165, 1.54) is 18.1 Å². The van der Waals surface area contributed by atoms with Crippen molar-refractivity contribution in [3.8, 4) is 11.5 Å². The van der Waals surface area contributed by atoms with E-state index in [2.05, 4.69) is 5.32 Å². The summed E-state index contributed by atoms with van der Waals surface area (Å²) in [5.74, 6) is -2.21. The minimum atomic E-state index is -1.22. The summed E-state index contributed by atoms with van der Waals surface area (Å²) in [6, 6.07) is 15.9. The van der Waals surface area contributed by atoms with Gasteiger partial charge in [-0.1, -0.05) is 38.1 Å². The van der Waals surface area contributed by atoms with Crippen molar-refractivity contribution in [2.75, 3.05) is 12.4 Å². The minimum Gasteiger partial charge on any atom is -0.497 e. The first-order valence-electron chi connectivity index (χ1n) is 11.2. The fourth-order valence-corrected chi connectivity index (χ4v) is 4.07. The molecule has 8 heteroatoms. The minimum absolute atomic E-state index is 0.287. The van der Waals surface area contributed by atoms with E-state index in [1.807, 2.05) is 0 Å². The number of rotatable bonds is 6. The van der Waals surface area contributed by atoms with E-state index in [4.69, 9.17) is 9.47 Å². The number of amides is 2. The van der Waals surface area contributed by atoms with Crippen LogP contribution < -0.4 is 14.8 Å². The molecule has 3 aromatic carbocycles. The lowest BCUT2D eigenvalue weighted by molar-refractivity contribution is -0.146. The normalized spacial score (nSPS) is 17.4. The Labute approximate surface area is 202 Å². The molecular formula is C27H26F2N2O4. The first-order chi connectivity index (χ1) is 16.8. The lowest BCUT2D eigenvalue weighted by atomic mass is 10.0. The molecule has 35 heavy (non-hydrogen) atoms. The molecule has 4 rings (SSSR count). The molecule has 0 saturated carbocycles. The topological polar surface area (TPSA) is 67.9 Å². The van der Waals surface area contributed by atoms with Crippen LogP contribution >= 0.6 is 0 Å². The van der Waals surface area contributed by atoms with Gasteiger partial charge in [-0.05, 0) is 42.3 Å². The molecule has 0 fully saturated rings. The number of benzene rings is 3. The highest BCUT2D eigenvalue weighted by molar-refractivity contribution is 5.99. The van der Waals surface area contributed by atoms with Gasteiger partial charge in [0.2, 0.25) is 0 Å². The maximum atomic E-state index is 14.6. The average molecular weight is 481 g/mol. The molecular weight excluding hydrogens is 454 g/mol. The molecule has 2 amide bonds. The highest BCUT2D eigenvalue weighted by Crippen LogP contribution is 2.39. The van der Waals surface area contributed by atoms with Gasteiger partial charge in [-0.15, -0.1) is 0 Å². The van der Waals surface area contributed by atoms with Crippen molar-refractivity contribution in [2.24, 2.45) is 5.92 Å². The smallest absolute Gasteiger partial charge is 0.265 e. The van der Waals surface area contributed by atoms with E-state index in [0.717, 1.165) is 12.1 Å². The Balaban J connectivity index is 1.87. The van der Waals surface area contributed by atoms with E-state index >= 15 is 0 Å². The van der Waals surface area contributed by atoms with Gasteiger partial charge in [0.05, 0.1) is 13.7 Å². The average Bonchev–Trinajstić information content (AvgIpc) is 2.96. The van der Waals surface area contributed by atoms with Crippen LogP contribution in [0.5, 0.6) is 11.5 Å². The number of nitrogens with one attached hydrogen (secondary N) is 1. The van der Waals surface area contributed by atoms with Crippen LogP contribution in [0, 0.1) is 17.6 Å². The lowest BCUT2D eigenvalue weighted by Crippen LogP contribution is -2.46. The monoisotopic (exact) mass is 480 g/mol. The van der Waals surface area contributed by atoms with Gasteiger partial charge in [0.25, 0.3) is 11.8 Å². The Bertz CT molecular complexity index is 1210. The van der Waals surface area contributed by atoms with Crippen LogP contribution in [0.1, 0.15) is 31.0 Å². The van der Waals surface area contributed by atoms with Gasteiger partial charge >= 0.3 is 0 Å². The van der Waals surface area contributed by atoms with Crippen LogP contribution in [-0.4, -0.2) is 29.9 Å². The van der Waals surface area contributed by atoms with Crippen LogP contribution in [-0.2, 0) is 16.1 Å². The number of carbonyl (C=O) groups is 2. The highest BCUT2D eigenvalue weighted by atomic mass is 19.1. The number of carbonyl (C=O) groups excluding carboxylic acids is 2. The van der Waals surface area contributed by atoms with Crippen LogP contribution in [0.15, 0.2) is 66.7 Å². The molecule has 0 bridgehead atoms. The number of methoxy groups -OCH3 is 1. The number of anilines is 1. The number of halogens is 2. The number of fused-ring (bicyclic) bond motifs is 1. The molecule has 0 saturated heterocycles. The van der Waals surface area contributed by atoms with E-state index in [9.17, 15) is 18.4 Å². The third kappa shape index (κ3) is 4.96. The fourth-order valence-electron chi connectivity index (χ4n) is 4.07. The Kier molecular flexibility index (Phi) is 7.00. The van der Waals surface area contributed by atoms with Crippen molar-refractivity contribution in [3.63, 3.8) is 0 Å². The highest BCUT2D eigenvalue weighted by Gasteiger charge is 2.42. The van der Waals surface area contributed by atoms with Crippen LogP contribution in [0.4, 0.5) is 14.5 Å². The third-order valence-electron chi connectivity index (χ3n) is 5.89. The molecule has 1 N–H and O–H groups in total. The molecule has 6 nitrogen and oxygen atoms in total. The van der Waals surface area contributed by atoms with Crippen molar-refractivity contribution < 1.29 is 27.8 Å². The van der Waals surface area contributed by atoms with Gasteiger partial charge in [0, 0.05) is 22.9 Å². The van der Waals surface area contributed by atoms with Gasteiger partial charge < -0.3 is 19.7 Å². The van der Waals surface area contributed by atoms with Gasteiger partial charge in [0.1, 0.15) is 29.2 Å². The van der Waals surface area contributed by atoms with Crippen molar-refractivity contribution >= 4 is 17.5 Å². The van der Waals surface area contributed by atoms with Crippen molar-refractivity contribution in [1.82, 2.24) is 4.90 Å². The molecule has 0 spiro atoms. The predicted octanol–water partition coefficient (Wildman–Crippen LogP) is 5.10.